The molecule has 0 unspecified atom stereocenters. The van der Waals surface area contributed by atoms with Crippen LogP contribution in [0.4, 0.5) is 32.6 Å². The van der Waals surface area contributed by atoms with Crippen LogP contribution in [0.3, 0.4) is 0 Å². The number of ketones is 4. The number of ether oxygens (including phenoxy) is 1. The van der Waals surface area contributed by atoms with Gasteiger partial charge in [0.05, 0.1) is 75.5 Å². The molecule has 13 aromatic heterocycles. The van der Waals surface area contributed by atoms with Crippen LogP contribution < -0.4 is 26.0 Å². The lowest BCUT2D eigenvalue weighted by molar-refractivity contribution is 0.0464. The fraction of sp³-hybridized carbons (Fsp3) is 0.300. The topological polar surface area (TPSA) is 426 Å². The van der Waals surface area contributed by atoms with Gasteiger partial charge in [0.2, 0.25) is 23.8 Å². The lowest BCUT2D eigenvalue weighted by Gasteiger charge is -2.38. The van der Waals surface area contributed by atoms with Crippen molar-refractivity contribution in [1.29, 1.82) is 0 Å². The van der Waals surface area contributed by atoms with E-state index in [0.717, 1.165) is 54.7 Å². The van der Waals surface area contributed by atoms with Gasteiger partial charge in [-0.05, 0) is 133 Å². The number of aromatic nitrogens is 16. The van der Waals surface area contributed by atoms with Crippen LogP contribution in [0.5, 0.6) is 5.75 Å². The third-order valence-corrected chi connectivity index (χ3v) is 27.9. The maximum Gasteiger partial charge on any atom is 0.274 e. The number of hydrogen-bond donors (Lipinski definition) is 4. The largest absolute Gasteiger partial charge is 0.497 e. The van der Waals surface area contributed by atoms with E-state index in [4.69, 9.17) is 9.15 Å². The van der Waals surface area contributed by atoms with Crippen molar-refractivity contribution in [2.24, 2.45) is 23.7 Å². The average Bonchev–Trinajstić information content (AvgIpc) is 1.64. The molecular weight excluding hydrogens is 1860 g/mol. The summed E-state index contributed by atoms with van der Waals surface area (Å²) in [5.74, 6) is 0.851. The molecule has 4 aliphatic rings. The highest BCUT2D eigenvalue weighted by atomic mass is 32.1. The number of furan rings is 1. The maximum atomic E-state index is 13.6. The Morgan fingerprint density at radius 1 is 0.364 bits per heavy atom. The molecule has 140 heavy (non-hydrogen) atoms. The molecule has 17 heterocycles. The van der Waals surface area contributed by atoms with Gasteiger partial charge in [-0.3, -0.25) is 58.3 Å². The Bertz CT molecular complexity index is 7300. The molecule has 0 bridgehead atoms. The molecule has 4 amide bonds. The van der Waals surface area contributed by atoms with Crippen molar-refractivity contribution >= 4 is 157 Å². The third-order valence-electron chi connectivity index (χ3n) is 24.0. The van der Waals surface area contributed by atoms with Crippen LogP contribution in [0.15, 0.2) is 188 Å². The zero-order chi connectivity index (χ0) is 98.1. The van der Waals surface area contributed by atoms with E-state index < -0.39 is 11.6 Å². The van der Waals surface area contributed by atoms with E-state index in [-0.39, 0.29) is 118 Å². The molecule has 34 nitrogen and oxygen atoms in total. The summed E-state index contributed by atoms with van der Waals surface area (Å²) in [6, 6.07) is 35.2. The number of pyridine rings is 4. The van der Waals surface area contributed by atoms with Crippen molar-refractivity contribution < 1.29 is 56.3 Å². The SMILES string of the molecule is COc1cccc(C(=O)CC2CN(C(=O)c3nc(N[C@@H](C)c4cncc(F)c4)nc4nc(C)sc34)C2)c1.Cc1cccc(C(=O)CC2CN(C(=O)c3nc(N[C@@H](C)c4cccnc4)nc4nc(C)sc34)C2)c1.Cc1nc2nc(N[C@@H](C)c3cccnc3)nc(C(=O)N3CC(CC(=O)c4ccccc4)C3)c2s1.Cc1nc2nc(N[C@@H](C)c3cncc(F)c3)nc(C(=O)N3CC(CC(=O)c4ccoc4)C3)c2s1. The number of anilines is 4. The van der Waals surface area contributed by atoms with Gasteiger partial charge in [-0.1, -0.05) is 78.4 Å². The Hall–Kier alpha value is -15.2. The average molecular weight is 1960 g/mol. The van der Waals surface area contributed by atoms with E-state index in [1.165, 1.54) is 70.0 Å². The van der Waals surface area contributed by atoms with Crippen LogP contribution in [0.1, 0.15) is 209 Å². The number of halogens is 2. The molecule has 4 aliphatic heterocycles. The number of aryl methyl sites for hydroxylation is 5. The molecule has 16 aromatic rings. The smallest absolute Gasteiger partial charge is 0.274 e. The molecule has 0 aliphatic carbocycles. The van der Waals surface area contributed by atoms with Gasteiger partial charge in [0.15, 0.2) is 68.5 Å². The maximum absolute atomic E-state index is 13.6. The fourth-order valence-electron chi connectivity index (χ4n) is 16.5. The Balaban J connectivity index is 0.000000129. The molecule has 20 rings (SSSR count). The first-order chi connectivity index (χ1) is 67.5. The van der Waals surface area contributed by atoms with Crippen LogP contribution in [0.2, 0.25) is 0 Å². The van der Waals surface area contributed by atoms with Gasteiger partial charge >= 0.3 is 0 Å². The van der Waals surface area contributed by atoms with Gasteiger partial charge in [0, 0.05) is 156 Å². The highest BCUT2D eigenvalue weighted by Crippen LogP contribution is 2.37. The number of nitrogens with one attached hydrogen (secondary N) is 4. The van der Waals surface area contributed by atoms with E-state index in [1.54, 1.807) is 94.2 Å². The summed E-state index contributed by atoms with van der Waals surface area (Å²) in [6.45, 7) is 21.1. The predicted octanol–water partition coefficient (Wildman–Crippen LogP) is 17.4. The molecule has 4 fully saturated rings. The van der Waals surface area contributed by atoms with E-state index in [2.05, 4.69) is 101 Å². The van der Waals surface area contributed by atoms with E-state index in [0.29, 0.717) is 176 Å². The van der Waals surface area contributed by atoms with Crippen LogP contribution in [-0.4, -0.2) is 206 Å². The Labute approximate surface area is 817 Å². The van der Waals surface area contributed by atoms with E-state index in [1.807, 2.05) is 141 Å². The number of nitrogens with zero attached hydrogens (tertiary/aromatic N) is 20. The molecule has 0 radical (unpaired) electrons. The normalized spacial score (nSPS) is 14.5. The monoisotopic (exact) mass is 1960 g/mol. The second kappa shape index (κ2) is 42.8. The second-order valence-corrected chi connectivity index (χ2v) is 39.6. The summed E-state index contributed by atoms with van der Waals surface area (Å²) >= 11 is 5.55. The van der Waals surface area contributed by atoms with Gasteiger partial charge in [0.1, 0.15) is 42.4 Å². The molecule has 3 aromatic carbocycles. The number of thiazole rings is 4. The number of carbonyl (C=O) groups excluding carboxylic acids is 8. The summed E-state index contributed by atoms with van der Waals surface area (Å²) in [5, 5.41) is 16.0. The Morgan fingerprint density at radius 3 is 1.02 bits per heavy atom. The zero-order valence-corrected chi connectivity index (χ0v) is 81.1. The molecule has 4 atom stereocenters. The quantitative estimate of drug-likeness (QED) is 0.0316. The molecule has 4 saturated heterocycles. The minimum Gasteiger partial charge on any atom is -0.497 e. The summed E-state index contributed by atoms with van der Waals surface area (Å²) in [4.78, 5) is 181. The minimum atomic E-state index is -0.439. The Morgan fingerprint density at radius 2 is 0.693 bits per heavy atom. The number of likely N-dealkylation sites (tertiary alicyclic amines) is 4. The minimum absolute atomic E-state index is 0.000620. The molecule has 0 spiro atoms. The molecular formula is C100H96F2N24O10S4. The van der Waals surface area contributed by atoms with Crippen LogP contribution >= 0.6 is 45.3 Å². The first-order valence-electron chi connectivity index (χ1n) is 45.3. The first-order valence-corrected chi connectivity index (χ1v) is 48.5. The Kier molecular flexibility index (Phi) is 29.5. The van der Waals surface area contributed by atoms with Gasteiger partial charge < -0.3 is 50.0 Å². The molecule has 0 saturated carbocycles. The molecule has 4 N–H and O–H groups in total. The van der Waals surface area contributed by atoms with Crippen molar-refractivity contribution in [1.82, 2.24) is 99.3 Å². The highest BCUT2D eigenvalue weighted by molar-refractivity contribution is 7.20. The molecule has 40 heteroatoms. The number of benzene rings is 3. The standard InChI is InChI=1S/C26H25FN6O3S.C26H26N6O2S.C25H24N6O2S.C23H21FN6O3S/c1-14(18-8-19(27)11-28-10-18)29-26-31-22(23-24(32-26)30-15(2)37-23)25(35)33-12-16(13-33)7-21(34)17-5-4-6-20(9-17)36-3;1-15-6-4-7-19(10-15)21(33)11-18-13-32(14-18)25(34)22-23-24(29-17(3)35-23)31-26(30-22)28-16(2)20-8-5-9-27-12-20;1-15(19-9-6-10-26-12-19)27-25-29-21(22-23(30-25)28-16(2)34-22)24(33)31-13-17(14-31)11-20(32)18-7-4-3-5-8-18;1-12(16-6-17(24)8-25-7-16)26-23-28-19(20-21(29-23)27-13(2)34-20)22(32)30-9-14(10-30)5-18(31)15-3-4-33-11-15/h4-6,8-11,14,16H,7,12-13H2,1-3H3,(H,29,31,32);4-10,12,16,18H,11,13-14H2,1-3H3,(H,28,30,31);3-10,12,15,17H,11,13-14H2,1-2H3,(H,27,29,30);3-4,6-8,11-12,14H,5,9-10H2,1-2H3,(H,26,28,29)/t14-;16-;15-;12-/m0000/s1. The lowest BCUT2D eigenvalue weighted by Crippen LogP contribution is -2.50. The van der Waals surface area contributed by atoms with Crippen LogP contribution in [-0.2, 0) is 0 Å². The van der Waals surface area contributed by atoms with Crippen molar-refractivity contribution in [3.05, 3.63) is 288 Å². The number of rotatable bonds is 29. The summed E-state index contributed by atoms with van der Waals surface area (Å²) < 4.78 is 40.0. The zero-order valence-electron chi connectivity index (χ0n) is 77.8. The summed E-state index contributed by atoms with van der Waals surface area (Å²) in [7, 11) is 1.56. The summed E-state index contributed by atoms with van der Waals surface area (Å²) in [6.07, 6.45) is 16.9. The van der Waals surface area contributed by atoms with Crippen LogP contribution in [0, 0.1) is 69.9 Å². The van der Waals surface area contributed by atoms with Gasteiger partial charge in [-0.25, -0.2) is 48.7 Å². The third kappa shape index (κ3) is 23.0. The number of hydrogen-bond acceptors (Lipinski definition) is 34. The number of carbonyl (C=O) groups is 8. The summed E-state index contributed by atoms with van der Waals surface area (Å²) in [5.41, 5.74) is 9.98. The number of amides is 4. The number of Topliss-reactive ketones (excluding diaryl/α,β-unsaturated/α-hetero) is 4. The second-order valence-electron chi connectivity index (χ2n) is 34.8. The number of methoxy groups -OCH3 is 1. The van der Waals surface area contributed by atoms with Gasteiger partial charge in [-0.2, -0.15) is 19.9 Å². The van der Waals surface area contributed by atoms with Crippen molar-refractivity contribution in [3.8, 4) is 5.75 Å². The van der Waals surface area contributed by atoms with Crippen molar-refractivity contribution in [3.63, 3.8) is 0 Å². The van der Waals surface area contributed by atoms with E-state index in [9.17, 15) is 47.1 Å². The van der Waals surface area contributed by atoms with Gasteiger partial charge in [0.25, 0.3) is 23.6 Å². The fourth-order valence-corrected chi connectivity index (χ4v) is 19.9. The predicted molar refractivity (Wildman–Crippen MR) is 527 cm³/mol. The number of fused-ring (bicyclic) bond motifs is 4. The first kappa shape index (κ1) is 96.5. The van der Waals surface area contributed by atoms with Crippen molar-refractivity contribution in [2.45, 2.75) is 112 Å². The molecule has 714 valence electrons. The van der Waals surface area contributed by atoms with E-state index >= 15 is 0 Å². The van der Waals surface area contributed by atoms with Crippen molar-refractivity contribution in [2.75, 3.05) is 80.7 Å². The highest BCUT2D eigenvalue weighted by Gasteiger charge is 2.40. The van der Waals surface area contributed by atoms with Gasteiger partial charge in [-0.15, -0.1) is 45.3 Å². The lowest BCUT2D eigenvalue weighted by atomic mass is 9.91. The van der Waals surface area contributed by atoms with Crippen LogP contribution in [0.25, 0.3) is 41.4 Å².